The van der Waals surface area contributed by atoms with Crippen molar-refractivity contribution in [1.82, 2.24) is 0 Å². The summed E-state index contributed by atoms with van der Waals surface area (Å²) in [5.74, 6) is -0.349. The van der Waals surface area contributed by atoms with Crippen LogP contribution in [0, 0.1) is 20.8 Å². The van der Waals surface area contributed by atoms with Gasteiger partial charge < -0.3 is 14.8 Å². The summed E-state index contributed by atoms with van der Waals surface area (Å²) in [4.78, 5) is 23.7. The minimum Gasteiger partial charge on any atom is -0.481 e. The number of ether oxygens (including phenoxy) is 2. The highest BCUT2D eigenvalue weighted by Gasteiger charge is 2.11. The monoisotopic (exact) mass is 405 g/mol. The van der Waals surface area contributed by atoms with Crippen molar-refractivity contribution in [3.63, 3.8) is 0 Å². The maximum atomic E-state index is 11.9. The van der Waals surface area contributed by atoms with Crippen molar-refractivity contribution in [2.75, 3.05) is 18.5 Å². The number of hydrogen-bond donors (Lipinski definition) is 1. The van der Waals surface area contributed by atoms with Gasteiger partial charge in [-0.2, -0.15) is 0 Å². The number of halogens is 1. The molecule has 5 nitrogen and oxygen atoms in total. The van der Waals surface area contributed by atoms with Crippen LogP contribution in [0.5, 0.6) is 5.75 Å². The number of amides is 1. The first kappa shape index (κ1) is 19.0. The molecule has 0 atom stereocenters. The summed E-state index contributed by atoms with van der Waals surface area (Å²) in [6.07, 6.45) is 0. The van der Waals surface area contributed by atoms with Crippen molar-refractivity contribution in [2.24, 2.45) is 0 Å². The smallest absolute Gasteiger partial charge is 0.344 e. The van der Waals surface area contributed by atoms with Crippen molar-refractivity contribution in [3.8, 4) is 5.75 Å². The summed E-state index contributed by atoms with van der Waals surface area (Å²) in [5.41, 5.74) is 3.57. The summed E-state index contributed by atoms with van der Waals surface area (Å²) in [5, 5.41) is 2.68. The second-order valence-electron chi connectivity index (χ2n) is 5.70. The second-order valence-corrected chi connectivity index (χ2v) is 6.56. The first-order valence-electron chi connectivity index (χ1n) is 7.77. The van der Waals surface area contributed by atoms with Gasteiger partial charge in [0, 0.05) is 4.47 Å². The van der Waals surface area contributed by atoms with E-state index >= 15 is 0 Å². The minimum atomic E-state index is -0.597. The molecule has 2 rings (SSSR count). The Morgan fingerprint density at radius 1 is 1.04 bits per heavy atom. The Morgan fingerprint density at radius 3 is 2.36 bits per heavy atom. The zero-order valence-corrected chi connectivity index (χ0v) is 16.0. The Balaban J connectivity index is 1.80. The van der Waals surface area contributed by atoms with E-state index in [0.717, 1.165) is 21.2 Å². The Bertz CT molecular complexity index is 769. The third-order valence-corrected chi connectivity index (χ3v) is 4.16. The van der Waals surface area contributed by atoms with E-state index in [1.54, 1.807) is 6.07 Å². The fraction of sp³-hybridized carbons (Fsp3) is 0.263. The molecule has 0 spiro atoms. The van der Waals surface area contributed by atoms with Gasteiger partial charge in [-0.1, -0.05) is 24.3 Å². The average molecular weight is 406 g/mol. The molecule has 0 fully saturated rings. The Kier molecular flexibility index (Phi) is 6.58. The summed E-state index contributed by atoms with van der Waals surface area (Å²) < 4.78 is 11.2. The highest BCUT2D eigenvalue weighted by Crippen LogP contribution is 2.23. The van der Waals surface area contributed by atoms with E-state index in [-0.39, 0.29) is 13.2 Å². The van der Waals surface area contributed by atoms with E-state index in [1.165, 1.54) is 0 Å². The number of hydrogen-bond acceptors (Lipinski definition) is 4. The van der Waals surface area contributed by atoms with Gasteiger partial charge >= 0.3 is 5.97 Å². The maximum absolute atomic E-state index is 11.9. The van der Waals surface area contributed by atoms with Crippen LogP contribution in [0.3, 0.4) is 0 Å². The number of benzene rings is 2. The molecule has 0 aliphatic rings. The molecule has 0 aromatic heterocycles. The fourth-order valence-corrected chi connectivity index (χ4v) is 2.85. The average Bonchev–Trinajstić information content (AvgIpc) is 2.55. The number of nitrogens with one attached hydrogen (secondary N) is 1. The van der Waals surface area contributed by atoms with E-state index in [4.69, 9.17) is 9.47 Å². The van der Waals surface area contributed by atoms with Gasteiger partial charge in [0.1, 0.15) is 5.75 Å². The molecule has 1 N–H and O–H groups in total. The molecule has 0 radical (unpaired) electrons. The highest BCUT2D eigenvalue weighted by molar-refractivity contribution is 9.10. The van der Waals surface area contributed by atoms with Crippen LogP contribution in [-0.4, -0.2) is 25.1 Å². The van der Waals surface area contributed by atoms with E-state index < -0.39 is 11.9 Å². The largest absolute Gasteiger partial charge is 0.481 e. The zero-order valence-electron chi connectivity index (χ0n) is 14.4. The number of para-hydroxylation sites is 1. The van der Waals surface area contributed by atoms with E-state index in [1.807, 2.05) is 51.1 Å². The molecule has 132 valence electrons. The van der Waals surface area contributed by atoms with Crippen LogP contribution in [0.15, 0.2) is 40.9 Å². The second kappa shape index (κ2) is 8.67. The molecule has 0 saturated carbocycles. The standard InChI is InChI=1S/C19H20BrNO4/c1-12-7-8-16(15(20)9-12)21-17(22)10-24-18(23)11-25-19-13(2)5-4-6-14(19)3/h4-9H,10-11H2,1-3H3,(H,21,22). The van der Waals surface area contributed by atoms with Crippen LogP contribution in [0.4, 0.5) is 5.69 Å². The van der Waals surface area contributed by atoms with E-state index in [9.17, 15) is 9.59 Å². The third-order valence-electron chi connectivity index (χ3n) is 3.51. The lowest BCUT2D eigenvalue weighted by molar-refractivity contribution is -0.149. The van der Waals surface area contributed by atoms with Gasteiger partial charge in [0.2, 0.25) is 0 Å². The molecule has 1 amide bonds. The number of rotatable bonds is 6. The highest BCUT2D eigenvalue weighted by atomic mass is 79.9. The molecule has 25 heavy (non-hydrogen) atoms. The normalized spacial score (nSPS) is 10.2. The molecule has 0 aliphatic carbocycles. The predicted molar refractivity (Wildman–Crippen MR) is 99.9 cm³/mol. The maximum Gasteiger partial charge on any atom is 0.344 e. The van der Waals surface area contributed by atoms with Crippen LogP contribution >= 0.6 is 15.9 Å². The van der Waals surface area contributed by atoms with Gasteiger partial charge in [-0.05, 0) is 65.5 Å². The van der Waals surface area contributed by atoms with Gasteiger partial charge in [0.05, 0.1) is 5.69 Å². The van der Waals surface area contributed by atoms with Gasteiger partial charge in [-0.25, -0.2) is 4.79 Å². The fourth-order valence-electron chi connectivity index (χ4n) is 2.25. The molecule has 0 saturated heterocycles. The lowest BCUT2D eigenvalue weighted by atomic mass is 10.1. The predicted octanol–water partition coefficient (Wildman–Crippen LogP) is 3.94. The molecule has 0 bridgehead atoms. The van der Waals surface area contributed by atoms with Crippen LogP contribution < -0.4 is 10.1 Å². The van der Waals surface area contributed by atoms with Crippen LogP contribution in [0.2, 0.25) is 0 Å². The summed E-state index contributed by atoms with van der Waals surface area (Å²) >= 11 is 3.38. The Morgan fingerprint density at radius 2 is 1.72 bits per heavy atom. The lowest BCUT2D eigenvalue weighted by Gasteiger charge is -2.12. The van der Waals surface area contributed by atoms with Crippen LogP contribution in [-0.2, 0) is 14.3 Å². The Hall–Kier alpha value is -2.34. The molecular weight excluding hydrogens is 386 g/mol. The van der Waals surface area contributed by atoms with Gasteiger partial charge in [-0.15, -0.1) is 0 Å². The summed E-state index contributed by atoms with van der Waals surface area (Å²) in [6.45, 7) is 5.15. The van der Waals surface area contributed by atoms with E-state index in [2.05, 4.69) is 21.2 Å². The number of esters is 1. The lowest BCUT2D eigenvalue weighted by Crippen LogP contribution is -2.24. The van der Waals surface area contributed by atoms with Crippen molar-refractivity contribution in [3.05, 3.63) is 57.6 Å². The number of carbonyl (C=O) groups excluding carboxylic acids is 2. The zero-order chi connectivity index (χ0) is 18.4. The quantitative estimate of drug-likeness (QED) is 0.739. The molecule has 0 unspecified atom stereocenters. The van der Waals surface area contributed by atoms with E-state index in [0.29, 0.717) is 11.4 Å². The Labute approximate surface area is 155 Å². The number of anilines is 1. The van der Waals surface area contributed by atoms with Crippen molar-refractivity contribution in [1.29, 1.82) is 0 Å². The molecule has 2 aromatic carbocycles. The molecular formula is C19H20BrNO4. The van der Waals surface area contributed by atoms with Crippen LogP contribution in [0.25, 0.3) is 0 Å². The van der Waals surface area contributed by atoms with Gasteiger partial charge in [0.25, 0.3) is 5.91 Å². The molecule has 0 aliphatic heterocycles. The number of aryl methyl sites for hydroxylation is 3. The van der Waals surface area contributed by atoms with Crippen molar-refractivity contribution in [2.45, 2.75) is 20.8 Å². The topological polar surface area (TPSA) is 64.6 Å². The molecule has 0 heterocycles. The first-order chi connectivity index (χ1) is 11.9. The SMILES string of the molecule is Cc1ccc(NC(=O)COC(=O)COc2c(C)cccc2C)c(Br)c1. The number of carbonyl (C=O) groups is 2. The van der Waals surface area contributed by atoms with Gasteiger partial charge in [-0.3, -0.25) is 4.79 Å². The first-order valence-corrected chi connectivity index (χ1v) is 8.56. The molecule has 6 heteroatoms. The molecule has 2 aromatic rings. The van der Waals surface area contributed by atoms with Crippen molar-refractivity contribution < 1.29 is 19.1 Å². The summed E-state index contributed by atoms with van der Waals surface area (Å²) in [6, 6.07) is 11.3. The summed E-state index contributed by atoms with van der Waals surface area (Å²) in [7, 11) is 0. The minimum absolute atomic E-state index is 0.243. The third kappa shape index (κ3) is 5.60. The van der Waals surface area contributed by atoms with Crippen molar-refractivity contribution >= 4 is 33.5 Å². The van der Waals surface area contributed by atoms with Gasteiger partial charge in [0.15, 0.2) is 13.2 Å². The van der Waals surface area contributed by atoms with Crippen LogP contribution in [0.1, 0.15) is 16.7 Å².